The van der Waals surface area contributed by atoms with Gasteiger partial charge in [-0.05, 0) is 57.4 Å². The fraction of sp³-hybridized carbons (Fsp3) is 0.600. The van der Waals surface area contributed by atoms with Crippen LogP contribution in [0.5, 0.6) is 5.75 Å². The summed E-state index contributed by atoms with van der Waals surface area (Å²) in [5, 5.41) is 19.4. The summed E-state index contributed by atoms with van der Waals surface area (Å²) in [5.74, 6) is 0.756. The summed E-state index contributed by atoms with van der Waals surface area (Å²) in [4.78, 5) is 2.39. The molecule has 1 saturated heterocycles. The van der Waals surface area contributed by atoms with Crippen molar-refractivity contribution in [3.05, 3.63) is 42.0 Å². The molecule has 1 aliphatic rings. The number of aliphatic hydroxyl groups is 2. The molecule has 1 atom stereocenters. The van der Waals surface area contributed by atoms with Gasteiger partial charge in [0.05, 0.1) is 19.3 Å². The van der Waals surface area contributed by atoms with Crippen LogP contribution >= 0.6 is 0 Å². The molecule has 0 amide bonds. The molecule has 0 radical (unpaired) electrons. The van der Waals surface area contributed by atoms with Gasteiger partial charge in [-0.15, -0.1) is 6.58 Å². The van der Waals surface area contributed by atoms with Crippen molar-refractivity contribution in [3.63, 3.8) is 0 Å². The molecule has 0 spiro atoms. The Balaban J connectivity index is 2.08. The molecule has 0 aliphatic carbocycles. The second-order valence-corrected chi connectivity index (χ2v) is 7.23. The van der Waals surface area contributed by atoms with E-state index in [2.05, 4.69) is 17.5 Å². The van der Waals surface area contributed by atoms with Crippen LogP contribution in [0.25, 0.3) is 0 Å². The normalized spacial score (nSPS) is 21.9. The summed E-state index contributed by atoms with van der Waals surface area (Å²) in [6.07, 6.45) is 5.00. The second-order valence-electron chi connectivity index (χ2n) is 7.23. The van der Waals surface area contributed by atoms with Gasteiger partial charge < -0.3 is 14.9 Å². The van der Waals surface area contributed by atoms with Crippen LogP contribution in [0.2, 0.25) is 0 Å². The highest BCUT2D eigenvalue weighted by Gasteiger charge is 2.33. The van der Waals surface area contributed by atoms with Gasteiger partial charge in [-0.1, -0.05) is 12.1 Å². The average Bonchev–Trinajstić information content (AvgIpc) is 2.56. The van der Waals surface area contributed by atoms with E-state index < -0.39 is 0 Å². The first-order chi connectivity index (χ1) is 11.5. The molecule has 4 heteroatoms. The highest BCUT2D eigenvalue weighted by atomic mass is 16.5. The van der Waals surface area contributed by atoms with Crippen LogP contribution in [0.3, 0.4) is 0 Å². The molecule has 1 heterocycles. The van der Waals surface area contributed by atoms with Crippen molar-refractivity contribution in [3.8, 4) is 5.75 Å². The minimum atomic E-state index is -0.0551. The van der Waals surface area contributed by atoms with Crippen LogP contribution in [-0.4, -0.2) is 40.9 Å². The minimum absolute atomic E-state index is 0.0209. The Morgan fingerprint density at radius 1 is 1.38 bits per heavy atom. The number of rotatable bonds is 8. The van der Waals surface area contributed by atoms with Crippen LogP contribution in [0.15, 0.2) is 30.9 Å². The summed E-state index contributed by atoms with van der Waals surface area (Å²) in [7, 11) is 0. The molecule has 0 saturated carbocycles. The molecule has 1 aromatic rings. The van der Waals surface area contributed by atoms with Gasteiger partial charge >= 0.3 is 0 Å². The van der Waals surface area contributed by atoms with E-state index in [1.54, 1.807) is 0 Å². The first-order valence-electron chi connectivity index (χ1n) is 8.85. The van der Waals surface area contributed by atoms with Gasteiger partial charge in [-0.3, -0.25) is 4.90 Å². The third-order valence-corrected chi connectivity index (χ3v) is 4.72. The smallest absolute Gasteiger partial charge is 0.125 e. The lowest BCUT2D eigenvalue weighted by atomic mass is 9.77. The number of hydrogen-bond acceptors (Lipinski definition) is 4. The maximum Gasteiger partial charge on any atom is 0.125 e. The summed E-state index contributed by atoms with van der Waals surface area (Å²) < 4.78 is 5.75. The van der Waals surface area contributed by atoms with Crippen LogP contribution in [0, 0.1) is 5.41 Å². The topological polar surface area (TPSA) is 52.9 Å². The zero-order valence-electron chi connectivity index (χ0n) is 15.0. The number of aliphatic hydroxyl groups excluding tert-OH is 2. The Morgan fingerprint density at radius 3 is 2.79 bits per heavy atom. The van der Waals surface area contributed by atoms with Crippen LogP contribution in [0.4, 0.5) is 0 Å². The standard InChI is InChI=1S/C20H31NO3/c1-4-8-20(15-23)9-5-10-21(14-20)12-17-6-7-19(24-16(2)3)18(11-17)13-22/h4,6-7,11,16,22-23H,1,5,8-10,12-15H2,2-3H3/t20-/m0/s1. The van der Waals surface area contributed by atoms with Gasteiger partial charge in [-0.25, -0.2) is 0 Å². The van der Waals surface area contributed by atoms with Crippen molar-refractivity contribution < 1.29 is 14.9 Å². The van der Waals surface area contributed by atoms with E-state index in [-0.39, 0.29) is 24.7 Å². The van der Waals surface area contributed by atoms with E-state index in [4.69, 9.17) is 4.74 Å². The first kappa shape index (κ1) is 19.0. The SMILES string of the molecule is C=CC[C@]1(CO)CCCN(Cc2ccc(OC(C)C)c(CO)c2)C1. The van der Waals surface area contributed by atoms with E-state index in [0.29, 0.717) is 0 Å². The molecule has 2 N–H and O–H groups in total. The lowest BCUT2D eigenvalue weighted by Gasteiger charge is -2.41. The molecule has 0 aromatic heterocycles. The van der Waals surface area contributed by atoms with E-state index in [9.17, 15) is 10.2 Å². The van der Waals surface area contributed by atoms with Crippen LogP contribution in [-0.2, 0) is 13.2 Å². The van der Waals surface area contributed by atoms with E-state index in [1.165, 1.54) is 5.56 Å². The van der Waals surface area contributed by atoms with Crippen LogP contribution in [0.1, 0.15) is 44.2 Å². The summed E-state index contributed by atoms with van der Waals surface area (Å²) in [6.45, 7) is 10.7. The summed E-state index contributed by atoms with van der Waals surface area (Å²) in [5.41, 5.74) is 1.95. The number of allylic oxidation sites excluding steroid dienone is 1. The fourth-order valence-electron chi connectivity index (χ4n) is 3.59. The molecule has 1 fully saturated rings. The molecule has 1 aromatic carbocycles. The third-order valence-electron chi connectivity index (χ3n) is 4.72. The number of likely N-dealkylation sites (tertiary alicyclic amines) is 1. The Kier molecular flexibility index (Phi) is 6.84. The summed E-state index contributed by atoms with van der Waals surface area (Å²) in [6, 6.07) is 6.05. The first-order valence-corrected chi connectivity index (χ1v) is 8.85. The van der Waals surface area contributed by atoms with Crippen molar-refractivity contribution in [1.29, 1.82) is 0 Å². The van der Waals surface area contributed by atoms with Crippen molar-refractivity contribution >= 4 is 0 Å². The molecule has 24 heavy (non-hydrogen) atoms. The van der Waals surface area contributed by atoms with Gasteiger partial charge in [0, 0.05) is 24.1 Å². The quantitative estimate of drug-likeness (QED) is 0.718. The maximum absolute atomic E-state index is 9.83. The molecule has 0 unspecified atom stereocenters. The maximum atomic E-state index is 9.83. The third kappa shape index (κ3) is 4.82. The van der Waals surface area contributed by atoms with Crippen LogP contribution < -0.4 is 4.74 Å². The zero-order valence-corrected chi connectivity index (χ0v) is 15.0. The lowest BCUT2D eigenvalue weighted by molar-refractivity contribution is 0.0309. The molecule has 134 valence electrons. The summed E-state index contributed by atoms with van der Waals surface area (Å²) >= 11 is 0. The van der Waals surface area contributed by atoms with E-state index in [0.717, 1.165) is 50.2 Å². The zero-order chi connectivity index (χ0) is 17.6. The largest absolute Gasteiger partial charge is 0.491 e. The monoisotopic (exact) mass is 333 g/mol. The number of benzene rings is 1. The van der Waals surface area contributed by atoms with E-state index in [1.807, 2.05) is 32.1 Å². The van der Waals surface area contributed by atoms with Crippen molar-refractivity contribution in [2.24, 2.45) is 5.41 Å². The Bertz CT molecular complexity index is 544. The molecule has 0 bridgehead atoms. The molecule has 4 nitrogen and oxygen atoms in total. The number of piperidine rings is 1. The predicted molar refractivity (Wildman–Crippen MR) is 97.0 cm³/mol. The van der Waals surface area contributed by atoms with Gasteiger partial charge in [0.25, 0.3) is 0 Å². The number of nitrogens with zero attached hydrogens (tertiary/aromatic N) is 1. The predicted octanol–water partition coefficient (Wildman–Crippen LogP) is 3.12. The van der Waals surface area contributed by atoms with Gasteiger partial charge in [-0.2, -0.15) is 0 Å². The van der Waals surface area contributed by atoms with E-state index >= 15 is 0 Å². The lowest BCUT2D eigenvalue weighted by Crippen LogP contribution is -2.44. The average molecular weight is 333 g/mol. The number of hydrogen-bond donors (Lipinski definition) is 2. The Labute approximate surface area is 145 Å². The fourth-order valence-corrected chi connectivity index (χ4v) is 3.59. The van der Waals surface area contributed by atoms with Gasteiger partial charge in [0.1, 0.15) is 5.75 Å². The van der Waals surface area contributed by atoms with Crippen molar-refractivity contribution in [2.75, 3.05) is 19.7 Å². The Morgan fingerprint density at radius 2 is 2.17 bits per heavy atom. The van der Waals surface area contributed by atoms with Gasteiger partial charge in [0.15, 0.2) is 0 Å². The molecule has 2 rings (SSSR count). The molecule has 1 aliphatic heterocycles. The minimum Gasteiger partial charge on any atom is -0.491 e. The molecular weight excluding hydrogens is 302 g/mol. The van der Waals surface area contributed by atoms with Gasteiger partial charge in [0.2, 0.25) is 0 Å². The highest BCUT2D eigenvalue weighted by Crippen LogP contribution is 2.34. The highest BCUT2D eigenvalue weighted by molar-refractivity contribution is 5.37. The van der Waals surface area contributed by atoms with Crippen molar-refractivity contribution in [1.82, 2.24) is 4.90 Å². The second kappa shape index (κ2) is 8.65. The number of ether oxygens (including phenoxy) is 1. The Hall–Kier alpha value is -1.36. The molecular formula is C20H31NO3. The van der Waals surface area contributed by atoms with Crippen molar-refractivity contribution in [2.45, 2.75) is 52.4 Å².